The van der Waals surface area contributed by atoms with Crippen molar-refractivity contribution in [2.75, 3.05) is 31.3 Å². The molecule has 2 aliphatic rings. The van der Waals surface area contributed by atoms with E-state index in [1.165, 1.54) is 37.0 Å². The normalized spacial score (nSPS) is 25.5. The van der Waals surface area contributed by atoms with E-state index in [2.05, 4.69) is 9.88 Å². The second-order valence-electron chi connectivity index (χ2n) is 6.36. The molecule has 1 aliphatic carbocycles. The van der Waals surface area contributed by atoms with Gasteiger partial charge in [0.2, 0.25) is 0 Å². The van der Waals surface area contributed by atoms with Crippen LogP contribution in [0.25, 0.3) is 0 Å². The third kappa shape index (κ3) is 2.73. The molecule has 0 aromatic carbocycles. The number of nitrogen functional groups attached to an aromatic ring is 1. The van der Waals surface area contributed by atoms with Gasteiger partial charge in [-0.25, -0.2) is 4.98 Å². The summed E-state index contributed by atoms with van der Waals surface area (Å²) in [5.74, 6) is 1.17. The maximum Gasteiger partial charge on any atom is 0.268 e. The first kappa shape index (κ1) is 14.6. The first-order valence-electron chi connectivity index (χ1n) is 7.82. The van der Waals surface area contributed by atoms with E-state index in [0.717, 1.165) is 24.5 Å². The average Bonchev–Trinajstić information content (AvgIpc) is 2.88. The summed E-state index contributed by atoms with van der Waals surface area (Å²) in [5, 5.41) is 0.799. The highest BCUT2D eigenvalue weighted by Crippen LogP contribution is 2.37. The largest absolute Gasteiger partial charge is 0.382 e. The van der Waals surface area contributed by atoms with Crippen LogP contribution in [-0.2, 0) is 0 Å². The minimum Gasteiger partial charge on any atom is -0.382 e. The third-order valence-corrected chi connectivity index (χ3v) is 5.95. The van der Waals surface area contributed by atoms with Gasteiger partial charge in [0.1, 0.15) is 10.7 Å². The number of aromatic nitrogens is 1. The molecule has 1 saturated heterocycles. The summed E-state index contributed by atoms with van der Waals surface area (Å²) in [7, 11) is 3.84. The van der Waals surface area contributed by atoms with E-state index in [-0.39, 0.29) is 5.91 Å². The SMILES string of the molecule is CN(C)c1nc(N)c(C(=O)N2CCC[C@H]3CCCC[C@H]32)s1. The lowest BCUT2D eigenvalue weighted by atomic mass is 9.78. The zero-order valence-corrected chi connectivity index (χ0v) is 13.7. The van der Waals surface area contributed by atoms with Crippen LogP contribution in [0.2, 0.25) is 0 Å². The number of carbonyl (C=O) groups is 1. The predicted molar refractivity (Wildman–Crippen MR) is 86.9 cm³/mol. The van der Waals surface area contributed by atoms with Crippen LogP contribution < -0.4 is 10.6 Å². The van der Waals surface area contributed by atoms with Crippen molar-refractivity contribution >= 4 is 28.2 Å². The lowest BCUT2D eigenvalue weighted by molar-refractivity contribution is 0.0396. The second kappa shape index (κ2) is 5.83. The van der Waals surface area contributed by atoms with Crippen molar-refractivity contribution in [1.29, 1.82) is 0 Å². The minimum absolute atomic E-state index is 0.0923. The number of piperidine rings is 1. The van der Waals surface area contributed by atoms with Crippen LogP contribution in [0.5, 0.6) is 0 Å². The fourth-order valence-corrected chi connectivity index (χ4v) is 4.54. The van der Waals surface area contributed by atoms with Crippen molar-refractivity contribution in [1.82, 2.24) is 9.88 Å². The van der Waals surface area contributed by atoms with Crippen LogP contribution in [-0.4, -0.2) is 42.5 Å². The number of nitrogens with two attached hydrogens (primary N) is 1. The fourth-order valence-electron chi connectivity index (χ4n) is 3.67. The van der Waals surface area contributed by atoms with E-state index in [1.807, 2.05) is 19.0 Å². The maximum atomic E-state index is 12.9. The van der Waals surface area contributed by atoms with Crippen LogP contribution >= 0.6 is 11.3 Å². The summed E-state index contributed by atoms with van der Waals surface area (Å²) in [6.45, 7) is 0.870. The standard InChI is InChI=1S/C15H24N4OS/c1-18(2)15-17-13(16)12(21-15)14(20)19-9-5-7-10-6-3-4-8-11(10)19/h10-11H,3-9,16H2,1-2H3/t10-,11-/m1/s1. The van der Waals surface area contributed by atoms with E-state index in [1.54, 1.807) is 0 Å². The van der Waals surface area contributed by atoms with Gasteiger partial charge in [0, 0.05) is 26.7 Å². The molecule has 6 heteroatoms. The summed E-state index contributed by atoms with van der Waals surface area (Å²) in [5.41, 5.74) is 5.98. The van der Waals surface area contributed by atoms with Crippen molar-refractivity contribution in [2.45, 2.75) is 44.6 Å². The number of hydrogen-bond acceptors (Lipinski definition) is 5. The maximum absolute atomic E-state index is 12.9. The molecule has 1 aromatic heterocycles. The Morgan fingerprint density at radius 2 is 2.00 bits per heavy atom. The molecule has 0 bridgehead atoms. The molecule has 3 rings (SSSR count). The van der Waals surface area contributed by atoms with Crippen LogP contribution in [0.4, 0.5) is 10.9 Å². The van der Waals surface area contributed by atoms with Crippen molar-refractivity contribution < 1.29 is 4.79 Å². The summed E-state index contributed by atoms with van der Waals surface area (Å²) in [6.07, 6.45) is 7.37. The van der Waals surface area contributed by atoms with E-state index >= 15 is 0 Å². The highest BCUT2D eigenvalue weighted by atomic mass is 32.1. The van der Waals surface area contributed by atoms with Crippen molar-refractivity contribution in [3.8, 4) is 0 Å². The Hall–Kier alpha value is -1.30. The highest BCUT2D eigenvalue weighted by Gasteiger charge is 2.37. The van der Waals surface area contributed by atoms with Crippen LogP contribution in [0.15, 0.2) is 0 Å². The number of amides is 1. The lowest BCUT2D eigenvalue weighted by Gasteiger charge is -2.44. The van der Waals surface area contributed by atoms with Gasteiger partial charge in [0.15, 0.2) is 5.13 Å². The smallest absolute Gasteiger partial charge is 0.268 e. The van der Waals surface area contributed by atoms with Gasteiger partial charge < -0.3 is 15.5 Å². The summed E-state index contributed by atoms with van der Waals surface area (Å²) in [6, 6.07) is 0.421. The van der Waals surface area contributed by atoms with E-state index in [0.29, 0.717) is 22.7 Å². The number of thiazole rings is 1. The molecule has 21 heavy (non-hydrogen) atoms. The Morgan fingerprint density at radius 3 is 2.71 bits per heavy atom. The van der Waals surface area contributed by atoms with Crippen molar-refractivity contribution in [3.63, 3.8) is 0 Å². The monoisotopic (exact) mass is 308 g/mol. The average molecular weight is 308 g/mol. The molecule has 1 amide bonds. The Kier molecular flexibility index (Phi) is 4.06. The Bertz CT molecular complexity index is 526. The summed E-state index contributed by atoms with van der Waals surface area (Å²) in [4.78, 5) is 21.8. The molecule has 2 atom stereocenters. The van der Waals surface area contributed by atoms with Gasteiger partial charge in [-0.05, 0) is 31.6 Å². The Morgan fingerprint density at radius 1 is 1.29 bits per heavy atom. The van der Waals surface area contributed by atoms with Gasteiger partial charge in [-0.1, -0.05) is 24.2 Å². The van der Waals surface area contributed by atoms with E-state index < -0.39 is 0 Å². The first-order valence-corrected chi connectivity index (χ1v) is 8.64. The van der Waals surface area contributed by atoms with Gasteiger partial charge in [0.25, 0.3) is 5.91 Å². The number of likely N-dealkylation sites (tertiary alicyclic amines) is 1. The molecule has 2 N–H and O–H groups in total. The molecule has 2 heterocycles. The Balaban J connectivity index is 1.83. The molecule has 0 unspecified atom stereocenters. The number of carbonyl (C=O) groups excluding carboxylic acids is 1. The summed E-state index contributed by atoms with van der Waals surface area (Å²) < 4.78 is 0. The van der Waals surface area contributed by atoms with Crippen molar-refractivity contribution in [3.05, 3.63) is 4.88 Å². The fraction of sp³-hybridized carbons (Fsp3) is 0.733. The molecule has 5 nitrogen and oxygen atoms in total. The van der Waals surface area contributed by atoms with Crippen molar-refractivity contribution in [2.24, 2.45) is 5.92 Å². The predicted octanol–water partition coefficient (Wildman–Crippen LogP) is 2.59. The molecule has 1 saturated carbocycles. The molecule has 2 fully saturated rings. The Labute approximate surface area is 130 Å². The quantitative estimate of drug-likeness (QED) is 0.912. The second-order valence-corrected chi connectivity index (χ2v) is 7.34. The topological polar surface area (TPSA) is 62.5 Å². The van der Waals surface area contributed by atoms with Gasteiger partial charge in [-0.3, -0.25) is 4.79 Å². The minimum atomic E-state index is 0.0923. The molecule has 0 radical (unpaired) electrons. The number of fused-ring (bicyclic) bond motifs is 1. The zero-order chi connectivity index (χ0) is 15.0. The number of nitrogens with zero attached hydrogens (tertiary/aromatic N) is 3. The van der Waals surface area contributed by atoms with E-state index in [4.69, 9.17) is 5.73 Å². The van der Waals surface area contributed by atoms with Gasteiger partial charge >= 0.3 is 0 Å². The summed E-state index contributed by atoms with van der Waals surface area (Å²) >= 11 is 1.41. The molecular weight excluding hydrogens is 284 g/mol. The highest BCUT2D eigenvalue weighted by molar-refractivity contribution is 7.18. The van der Waals surface area contributed by atoms with Crippen LogP contribution in [0, 0.1) is 5.92 Å². The zero-order valence-electron chi connectivity index (χ0n) is 12.8. The third-order valence-electron chi connectivity index (χ3n) is 4.72. The molecule has 1 aliphatic heterocycles. The molecule has 1 aromatic rings. The van der Waals surface area contributed by atoms with Crippen LogP contribution in [0.3, 0.4) is 0 Å². The van der Waals surface area contributed by atoms with Gasteiger partial charge in [-0.2, -0.15) is 0 Å². The molecular formula is C15H24N4OS. The van der Waals surface area contributed by atoms with E-state index in [9.17, 15) is 4.79 Å². The van der Waals surface area contributed by atoms with Crippen LogP contribution in [0.1, 0.15) is 48.2 Å². The molecule has 0 spiro atoms. The number of anilines is 2. The van der Waals surface area contributed by atoms with Gasteiger partial charge in [-0.15, -0.1) is 0 Å². The number of hydrogen-bond donors (Lipinski definition) is 1. The molecule has 116 valence electrons. The van der Waals surface area contributed by atoms with Gasteiger partial charge in [0.05, 0.1) is 0 Å². The first-order chi connectivity index (χ1) is 10.1. The number of rotatable bonds is 2. The lowest BCUT2D eigenvalue weighted by Crippen LogP contribution is -2.49.